The van der Waals surface area contributed by atoms with Gasteiger partial charge in [0.1, 0.15) is 11.6 Å². The molecule has 9 aromatic carbocycles. The normalized spacial score (nSPS) is 12.1. The Kier molecular flexibility index (Phi) is 8.05. The molecule has 0 aliphatic carbocycles. The lowest BCUT2D eigenvalue weighted by Gasteiger charge is -2.13. The fourth-order valence-corrected chi connectivity index (χ4v) is 12.2. The molecule has 0 spiro atoms. The van der Waals surface area contributed by atoms with Crippen molar-refractivity contribution in [3.8, 4) is 45.3 Å². The summed E-state index contributed by atoms with van der Waals surface area (Å²) in [5.41, 5.74) is 10.8. The molecule has 0 fully saturated rings. The van der Waals surface area contributed by atoms with Gasteiger partial charge in [-0.25, -0.2) is 18.7 Å². The van der Waals surface area contributed by atoms with Crippen molar-refractivity contribution < 1.29 is 8.78 Å². The van der Waals surface area contributed by atoms with Gasteiger partial charge in [0.2, 0.25) is 5.95 Å². The number of nitrogens with zero attached hydrogens (tertiary/aromatic N) is 4. The summed E-state index contributed by atoms with van der Waals surface area (Å²) in [5, 5.41) is 8.29. The van der Waals surface area contributed by atoms with Gasteiger partial charge in [-0.1, -0.05) is 84.9 Å². The lowest BCUT2D eigenvalue weighted by molar-refractivity contribution is 0.629. The van der Waals surface area contributed by atoms with Crippen LogP contribution >= 0.6 is 22.7 Å². The molecule has 0 saturated carbocycles. The number of rotatable bonds is 5. The summed E-state index contributed by atoms with van der Waals surface area (Å²) in [6, 6.07) is 65.7. The third-order valence-electron chi connectivity index (χ3n) is 13.1. The molecule has 5 heterocycles. The number of fused-ring (bicyclic) bond motifs is 12. The van der Waals surface area contributed by atoms with Crippen LogP contribution in [0.15, 0.2) is 194 Å². The van der Waals surface area contributed by atoms with Crippen LogP contribution in [0.3, 0.4) is 0 Å². The van der Waals surface area contributed by atoms with Crippen LogP contribution in [0.25, 0.3) is 129 Å². The van der Waals surface area contributed by atoms with Gasteiger partial charge in [-0.05, 0) is 120 Å². The van der Waals surface area contributed by atoms with E-state index in [9.17, 15) is 8.78 Å². The van der Waals surface area contributed by atoms with Gasteiger partial charge in [-0.2, -0.15) is 0 Å². The molecule has 14 aromatic rings. The molecule has 0 aliphatic rings. The molecule has 0 radical (unpaired) electrons. The van der Waals surface area contributed by atoms with Gasteiger partial charge < -0.3 is 4.57 Å². The molecule has 0 N–H and O–H groups in total. The number of thiophene rings is 2. The maximum atomic E-state index is 14.7. The van der Waals surface area contributed by atoms with Crippen LogP contribution in [0.5, 0.6) is 0 Å². The lowest BCUT2D eigenvalue weighted by atomic mass is 10.0. The van der Waals surface area contributed by atoms with Gasteiger partial charge in [0.05, 0.1) is 33.5 Å². The Bertz CT molecular complexity index is 4190. The molecule has 4 nitrogen and oxygen atoms in total. The van der Waals surface area contributed by atoms with E-state index in [-0.39, 0.29) is 11.6 Å². The molecular formula is C58H32F2N4S2. The Morgan fingerprint density at radius 2 is 0.773 bits per heavy atom. The number of para-hydroxylation sites is 3. The standard InChI is InChI=1S/C58H32F2N4S2/c59-37-18-24-56-46(30-37)44-27-35(16-22-54(44)65-56)48-32-49(36-17-23-55-45(28-36)47-31-38(60)19-25-57(47)66-55)62-58(61-48)64-51-13-7-4-10-40(51)42-20-14-34(29-53(42)64)33-15-21-52-43(26-33)41-11-5-6-12-50(41)63(52)39-8-2-1-3-9-39/h1-32H. The first kappa shape index (κ1) is 37.3. The first-order valence-corrected chi connectivity index (χ1v) is 23.4. The van der Waals surface area contributed by atoms with E-state index in [0.29, 0.717) is 5.95 Å². The second-order valence-electron chi connectivity index (χ2n) is 16.8. The van der Waals surface area contributed by atoms with E-state index in [4.69, 9.17) is 9.97 Å². The first-order chi connectivity index (χ1) is 32.5. The van der Waals surface area contributed by atoms with Gasteiger partial charge in [0.15, 0.2) is 0 Å². The zero-order chi connectivity index (χ0) is 43.6. The van der Waals surface area contributed by atoms with Crippen molar-refractivity contribution in [2.75, 3.05) is 0 Å². The fraction of sp³-hybridized carbons (Fsp3) is 0. The van der Waals surface area contributed by atoms with Crippen LogP contribution in [0.1, 0.15) is 0 Å². The summed E-state index contributed by atoms with van der Waals surface area (Å²) >= 11 is 3.30. The predicted octanol–water partition coefficient (Wildman–Crippen LogP) is 16.7. The van der Waals surface area contributed by atoms with Gasteiger partial charge in [0.25, 0.3) is 0 Å². The monoisotopic (exact) mass is 886 g/mol. The minimum atomic E-state index is -0.264. The fourth-order valence-electron chi connectivity index (χ4n) is 10.0. The average molecular weight is 887 g/mol. The van der Waals surface area contributed by atoms with Gasteiger partial charge in [0, 0.05) is 78.7 Å². The summed E-state index contributed by atoms with van der Waals surface area (Å²) in [4.78, 5) is 10.8. The molecule has 310 valence electrons. The van der Waals surface area contributed by atoms with Gasteiger partial charge in [-0.15, -0.1) is 22.7 Å². The Balaban J connectivity index is 0.999. The Morgan fingerprint density at radius 1 is 0.318 bits per heavy atom. The van der Waals surface area contributed by atoms with E-state index in [1.807, 2.05) is 18.2 Å². The lowest BCUT2D eigenvalue weighted by Crippen LogP contribution is -2.04. The van der Waals surface area contributed by atoms with E-state index in [1.54, 1.807) is 34.8 Å². The maximum absolute atomic E-state index is 14.7. The number of benzene rings is 9. The first-order valence-electron chi connectivity index (χ1n) is 21.8. The molecule has 0 saturated heterocycles. The number of aromatic nitrogens is 4. The quantitative estimate of drug-likeness (QED) is 0.173. The Morgan fingerprint density at radius 3 is 1.41 bits per heavy atom. The SMILES string of the molecule is Fc1ccc2sc3ccc(-c4cc(-c5ccc6sc7ccc(F)cc7c6c5)nc(-n5c6ccccc6c6ccc(-c7ccc8c(c7)c7ccccc7n8-c7ccccc7)cc65)n4)cc3c2c1. The zero-order valence-corrected chi connectivity index (χ0v) is 36.5. The summed E-state index contributed by atoms with van der Waals surface area (Å²) in [5.74, 6) is -0.00469. The van der Waals surface area contributed by atoms with E-state index in [1.165, 1.54) is 22.9 Å². The average Bonchev–Trinajstić information content (AvgIpc) is 4.10. The van der Waals surface area contributed by atoms with E-state index in [0.717, 1.165) is 113 Å². The number of halogens is 2. The largest absolute Gasteiger partial charge is 0.309 e. The molecule has 0 amide bonds. The topological polar surface area (TPSA) is 35.6 Å². The van der Waals surface area contributed by atoms with Crippen molar-refractivity contribution in [2.24, 2.45) is 0 Å². The number of hydrogen-bond acceptors (Lipinski definition) is 4. The van der Waals surface area contributed by atoms with Crippen molar-refractivity contribution in [2.45, 2.75) is 0 Å². The summed E-state index contributed by atoms with van der Waals surface area (Å²) in [6.45, 7) is 0. The van der Waals surface area contributed by atoms with Crippen molar-refractivity contribution in [3.05, 3.63) is 206 Å². The maximum Gasteiger partial charge on any atom is 0.235 e. The highest BCUT2D eigenvalue weighted by Gasteiger charge is 2.20. The van der Waals surface area contributed by atoms with Crippen LogP contribution in [-0.2, 0) is 0 Å². The molecular weight excluding hydrogens is 855 g/mol. The van der Waals surface area contributed by atoms with Crippen molar-refractivity contribution in [1.82, 2.24) is 19.1 Å². The summed E-state index contributed by atoms with van der Waals surface area (Å²) in [7, 11) is 0. The van der Waals surface area contributed by atoms with Crippen molar-refractivity contribution >= 4 is 107 Å². The summed E-state index contributed by atoms with van der Waals surface area (Å²) < 4.78 is 38.1. The molecule has 14 rings (SSSR count). The van der Waals surface area contributed by atoms with Crippen LogP contribution in [0.4, 0.5) is 8.78 Å². The Labute approximate surface area is 383 Å². The minimum Gasteiger partial charge on any atom is -0.309 e. The molecule has 0 atom stereocenters. The van der Waals surface area contributed by atoms with E-state index in [2.05, 4.69) is 161 Å². The van der Waals surface area contributed by atoms with E-state index < -0.39 is 0 Å². The molecule has 0 unspecified atom stereocenters. The van der Waals surface area contributed by atoms with Gasteiger partial charge >= 0.3 is 0 Å². The third-order valence-corrected chi connectivity index (χ3v) is 15.4. The molecule has 66 heavy (non-hydrogen) atoms. The second kappa shape index (κ2) is 14.2. The summed E-state index contributed by atoms with van der Waals surface area (Å²) in [6.07, 6.45) is 0. The van der Waals surface area contributed by atoms with Gasteiger partial charge in [-0.3, -0.25) is 4.57 Å². The van der Waals surface area contributed by atoms with Crippen molar-refractivity contribution in [3.63, 3.8) is 0 Å². The third kappa shape index (κ3) is 5.72. The van der Waals surface area contributed by atoms with E-state index >= 15 is 0 Å². The minimum absolute atomic E-state index is 0.264. The molecule has 5 aromatic heterocycles. The van der Waals surface area contributed by atoms with Crippen LogP contribution in [0.2, 0.25) is 0 Å². The van der Waals surface area contributed by atoms with Crippen LogP contribution in [0, 0.1) is 11.6 Å². The highest BCUT2D eigenvalue weighted by atomic mass is 32.1. The van der Waals surface area contributed by atoms with Crippen molar-refractivity contribution in [1.29, 1.82) is 0 Å². The molecule has 0 bridgehead atoms. The van der Waals surface area contributed by atoms with Crippen LogP contribution < -0.4 is 0 Å². The highest BCUT2D eigenvalue weighted by Crippen LogP contribution is 2.42. The smallest absolute Gasteiger partial charge is 0.235 e. The zero-order valence-electron chi connectivity index (χ0n) is 34.8. The van der Waals surface area contributed by atoms with Crippen LogP contribution in [-0.4, -0.2) is 19.1 Å². The number of hydrogen-bond donors (Lipinski definition) is 0. The Hall–Kier alpha value is -8.04. The highest BCUT2D eigenvalue weighted by molar-refractivity contribution is 7.26. The predicted molar refractivity (Wildman–Crippen MR) is 273 cm³/mol. The molecule has 8 heteroatoms. The second-order valence-corrected chi connectivity index (χ2v) is 19.0. The molecule has 0 aliphatic heterocycles.